The van der Waals surface area contributed by atoms with E-state index >= 15 is 0 Å². The molecule has 0 saturated carbocycles. The average Bonchev–Trinajstić information content (AvgIpc) is 2.61. The van der Waals surface area contributed by atoms with Crippen molar-refractivity contribution in [1.82, 2.24) is 5.32 Å². The Morgan fingerprint density at radius 1 is 1.03 bits per heavy atom. The summed E-state index contributed by atoms with van der Waals surface area (Å²) in [5.41, 5.74) is 0.538. The van der Waals surface area contributed by atoms with Gasteiger partial charge in [0.1, 0.15) is 17.4 Å². The molecule has 1 amide bonds. The monoisotopic (exact) mass is 439 g/mol. The largest absolute Gasteiger partial charge is 0.480 e. The van der Waals surface area contributed by atoms with Crippen LogP contribution in [0.5, 0.6) is 5.75 Å². The van der Waals surface area contributed by atoms with E-state index in [1.807, 2.05) is 6.07 Å². The Morgan fingerprint density at radius 2 is 1.62 bits per heavy atom. The molecule has 2 aromatic rings. The zero-order valence-electron chi connectivity index (χ0n) is 16.3. The first-order valence-electron chi connectivity index (χ1n) is 8.90. The predicted octanol–water partition coefficient (Wildman–Crippen LogP) is 4.87. The minimum absolute atomic E-state index is 0.0699. The summed E-state index contributed by atoms with van der Waals surface area (Å²) in [5.74, 6) is -0.754. The fourth-order valence-electron chi connectivity index (χ4n) is 2.42. The highest BCUT2D eigenvalue weighted by molar-refractivity contribution is 6.47. The van der Waals surface area contributed by atoms with Crippen molar-refractivity contribution >= 4 is 35.3 Å². The minimum Gasteiger partial charge on any atom is -0.480 e. The number of nitrogens with one attached hydrogen (secondary N) is 1. The second-order valence-corrected chi connectivity index (χ2v) is 8.63. The fraction of sp³-hybridized carbons (Fsp3) is 0.333. The van der Waals surface area contributed by atoms with Crippen LogP contribution in [0, 0.1) is 0 Å². The molecule has 2 rings (SSSR count). The highest BCUT2D eigenvalue weighted by Crippen LogP contribution is 2.36. The molecule has 0 saturated heterocycles. The maximum absolute atomic E-state index is 11.9. The molecule has 2 N–H and O–H groups in total. The number of alkyl carbamates (subject to hydrolysis) is 1. The van der Waals surface area contributed by atoms with Crippen molar-refractivity contribution in [1.29, 1.82) is 0 Å². The zero-order chi connectivity index (χ0) is 21.7. The molecular formula is C21H23Cl2NO5. The summed E-state index contributed by atoms with van der Waals surface area (Å²) in [6, 6.07) is 14.4. The van der Waals surface area contributed by atoms with Crippen LogP contribution in [0.2, 0.25) is 0 Å². The van der Waals surface area contributed by atoms with E-state index in [9.17, 15) is 14.7 Å². The zero-order valence-corrected chi connectivity index (χ0v) is 17.8. The van der Waals surface area contributed by atoms with Gasteiger partial charge in [0.2, 0.25) is 0 Å². The van der Waals surface area contributed by atoms with Crippen LogP contribution < -0.4 is 10.1 Å². The normalized spacial score (nSPS) is 12.7. The first kappa shape index (κ1) is 22.8. The average molecular weight is 440 g/mol. The summed E-state index contributed by atoms with van der Waals surface area (Å²) in [5, 5.41) is 11.7. The molecule has 6 nitrogen and oxygen atoms in total. The number of carbonyl (C=O) groups is 2. The molecule has 0 heterocycles. The van der Waals surface area contributed by atoms with E-state index < -0.39 is 28.2 Å². The third kappa shape index (κ3) is 7.48. The van der Waals surface area contributed by atoms with E-state index in [4.69, 9.17) is 32.7 Å². The van der Waals surface area contributed by atoms with Crippen molar-refractivity contribution in [3.63, 3.8) is 0 Å². The molecule has 29 heavy (non-hydrogen) atoms. The molecule has 1 atom stereocenters. The van der Waals surface area contributed by atoms with Crippen LogP contribution in [0.1, 0.15) is 31.9 Å². The predicted molar refractivity (Wildman–Crippen MR) is 111 cm³/mol. The Kier molecular flexibility index (Phi) is 7.38. The van der Waals surface area contributed by atoms with Crippen LogP contribution in [-0.2, 0) is 20.5 Å². The van der Waals surface area contributed by atoms with Gasteiger partial charge in [0, 0.05) is 12.0 Å². The number of carboxylic acid groups (broad SMARTS) is 1. The van der Waals surface area contributed by atoms with Gasteiger partial charge in [0.05, 0.1) is 0 Å². The van der Waals surface area contributed by atoms with E-state index in [1.165, 1.54) is 0 Å². The van der Waals surface area contributed by atoms with Gasteiger partial charge in [-0.2, -0.15) is 0 Å². The van der Waals surface area contributed by atoms with Gasteiger partial charge < -0.3 is 19.9 Å². The molecule has 8 heteroatoms. The van der Waals surface area contributed by atoms with Crippen molar-refractivity contribution < 1.29 is 24.2 Å². The number of hydrogen-bond donors (Lipinski definition) is 2. The summed E-state index contributed by atoms with van der Waals surface area (Å²) in [4.78, 5) is 23.3. The van der Waals surface area contributed by atoms with Gasteiger partial charge in [0.25, 0.3) is 4.52 Å². The van der Waals surface area contributed by atoms with E-state index in [0.29, 0.717) is 16.9 Å². The number of carbonyl (C=O) groups excluding carboxylic acids is 1. The standard InChI is InChI=1S/C21H23Cl2NO5/c1-20(2,3)29-19(27)24-17(18(25)26)13-14-9-11-16(12-10-14)28-21(22,23)15-7-5-4-6-8-15/h4-12,17H,13H2,1-3H3,(H,24,27)(H,25,26)/t17-/m0/s1. The topological polar surface area (TPSA) is 84.9 Å². The summed E-state index contributed by atoms with van der Waals surface area (Å²) >= 11 is 12.6. The molecular weight excluding hydrogens is 417 g/mol. The van der Waals surface area contributed by atoms with Crippen molar-refractivity contribution in [2.45, 2.75) is 43.4 Å². The van der Waals surface area contributed by atoms with Crippen LogP contribution in [0.4, 0.5) is 4.79 Å². The van der Waals surface area contributed by atoms with Gasteiger partial charge >= 0.3 is 12.1 Å². The summed E-state index contributed by atoms with van der Waals surface area (Å²) in [6.45, 7) is 5.10. The van der Waals surface area contributed by atoms with Gasteiger partial charge in [-0.05, 0) is 38.5 Å². The molecule has 0 aliphatic carbocycles. The first-order valence-corrected chi connectivity index (χ1v) is 9.65. The quantitative estimate of drug-likeness (QED) is 0.600. The Labute approximate surface area is 179 Å². The highest BCUT2D eigenvalue weighted by Gasteiger charge is 2.29. The number of benzene rings is 2. The minimum atomic E-state index is -1.56. The lowest BCUT2D eigenvalue weighted by molar-refractivity contribution is -0.139. The fourth-order valence-corrected chi connectivity index (χ4v) is 2.85. The number of aliphatic carboxylic acids is 1. The Morgan fingerprint density at radius 3 is 2.14 bits per heavy atom. The smallest absolute Gasteiger partial charge is 0.408 e. The third-order valence-corrected chi connectivity index (χ3v) is 4.30. The van der Waals surface area contributed by atoms with E-state index in [1.54, 1.807) is 69.3 Å². The molecule has 0 aromatic heterocycles. The Bertz CT molecular complexity index is 832. The number of rotatable bonds is 7. The van der Waals surface area contributed by atoms with Gasteiger partial charge in [-0.25, -0.2) is 9.59 Å². The van der Waals surface area contributed by atoms with Crippen molar-refractivity contribution in [3.8, 4) is 5.75 Å². The lowest BCUT2D eigenvalue weighted by atomic mass is 10.1. The lowest BCUT2D eigenvalue weighted by Crippen LogP contribution is -2.44. The molecule has 2 aromatic carbocycles. The second kappa shape index (κ2) is 9.37. The molecule has 0 spiro atoms. The second-order valence-electron chi connectivity index (χ2n) is 7.37. The van der Waals surface area contributed by atoms with Gasteiger partial charge in [-0.15, -0.1) is 0 Å². The van der Waals surface area contributed by atoms with E-state index in [-0.39, 0.29) is 6.42 Å². The van der Waals surface area contributed by atoms with Crippen LogP contribution in [0.15, 0.2) is 54.6 Å². The van der Waals surface area contributed by atoms with Crippen LogP contribution >= 0.6 is 23.2 Å². The number of hydrogen-bond acceptors (Lipinski definition) is 4. The number of amides is 1. The van der Waals surface area contributed by atoms with Crippen LogP contribution in [0.3, 0.4) is 0 Å². The molecule has 0 fully saturated rings. The maximum atomic E-state index is 11.9. The Balaban J connectivity index is 2.03. The van der Waals surface area contributed by atoms with E-state index in [0.717, 1.165) is 0 Å². The third-order valence-electron chi connectivity index (χ3n) is 3.71. The summed E-state index contributed by atoms with van der Waals surface area (Å²) < 4.78 is 9.18. The molecule has 156 valence electrons. The van der Waals surface area contributed by atoms with Crippen LogP contribution in [-0.4, -0.2) is 28.8 Å². The summed E-state index contributed by atoms with van der Waals surface area (Å²) in [7, 11) is 0. The van der Waals surface area contributed by atoms with Gasteiger partial charge in [-0.1, -0.05) is 65.7 Å². The first-order chi connectivity index (χ1) is 13.5. The van der Waals surface area contributed by atoms with Crippen molar-refractivity contribution in [2.75, 3.05) is 0 Å². The maximum Gasteiger partial charge on any atom is 0.408 e. The van der Waals surface area contributed by atoms with Gasteiger partial charge in [0.15, 0.2) is 0 Å². The number of alkyl halides is 2. The molecule has 0 unspecified atom stereocenters. The number of halogens is 2. The molecule has 0 radical (unpaired) electrons. The number of ether oxygens (including phenoxy) is 2. The molecule has 0 aliphatic rings. The van der Waals surface area contributed by atoms with Crippen LogP contribution in [0.25, 0.3) is 0 Å². The number of carboxylic acids is 1. The van der Waals surface area contributed by atoms with Crippen molar-refractivity contribution in [2.24, 2.45) is 0 Å². The molecule has 0 bridgehead atoms. The summed E-state index contributed by atoms with van der Waals surface area (Å²) in [6.07, 6.45) is -0.720. The molecule has 0 aliphatic heterocycles. The van der Waals surface area contributed by atoms with Crippen molar-refractivity contribution in [3.05, 3.63) is 65.7 Å². The van der Waals surface area contributed by atoms with E-state index in [2.05, 4.69) is 5.32 Å². The Hall–Kier alpha value is -2.44. The van der Waals surface area contributed by atoms with Gasteiger partial charge in [-0.3, -0.25) is 0 Å². The highest BCUT2D eigenvalue weighted by atomic mass is 35.5. The SMILES string of the molecule is CC(C)(C)OC(=O)N[C@@H](Cc1ccc(OC(Cl)(Cl)c2ccccc2)cc1)C(=O)O. The lowest BCUT2D eigenvalue weighted by Gasteiger charge is -2.23.